The summed E-state index contributed by atoms with van der Waals surface area (Å²) >= 11 is 10.5. The van der Waals surface area contributed by atoms with Crippen LogP contribution in [-0.4, -0.2) is 28.2 Å². The topological polar surface area (TPSA) is 96.0 Å². The molecule has 7 nitrogen and oxygen atoms in total. The number of hydrogen-bond acceptors (Lipinski definition) is 5. The van der Waals surface area contributed by atoms with Crippen LogP contribution in [0, 0.1) is 5.92 Å². The van der Waals surface area contributed by atoms with Crippen molar-refractivity contribution in [1.29, 1.82) is 0 Å². The predicted octanol–water partition coefficient (Wildman–Crippen LogP) is 5.80. The first-order valence-electron chi connectivity index (χ1n) is 9.59. The first-order valence-corrected chi connectivity index (χ1v) is 11.6. The molecule has 162 valence electrons. The van der Waals surface area contributed by atoms with Gasteiger partial charge in [-0.1, -0.05) is 71.3 Å². The third-order valence-electron chi connectivity index (χ3n) is 4.63. The van der Waals surface area contributed by atoms with Gasteiger partial charge >= 0.3 is 6.03 Å². The van der Waals surface area contributed by atoms with Gasteiger partial charge in [-0.15, -0.1) is 10.2 Å². The molecule has 0 saturated heterocycles. The molecule has 3 amide bonds. The van der Waals surface area contributed by atoms with Crippen molar-refractivity contribution in [3.05, 3.63) is 58.0 Å². The summed E-state index contributed by atoms with van der Waals surface area (Å²) in [4.78, 5) is 25.3. The number of hydrogen-bond donors (Lipinski definition) is 3. The molecular formula is C21H21BrClN5O2S. The number of nitrogens with one attached hydrogen (secondary N) is 3. The molecule has 1 heterocycles. The van der Waals surface area contributed by atoms with E-state index in [-0.39, 0.29) is 11.8 Å². The van der Waals surface area contributed by atoms with Crippen LogP contribution in [0.5, 0.6) is 0 Å². The fourth-order valence-corrected chi connectivity index (χ4v) is 3.85. The van der Waals surface area contributed by atoms with Crippen LogP contribution in [0.2, 0.25) is 5.02 Å². The summed E-state index contributed by atoms with van der Waals surface area (Å²) in [6.45, 7) is 3.87. The minimum atomic E-state index is -0.733. The molecule has 31 heavy (non-hydrogen) atoms. The Kier molecular flexibility index (Phi) is 8.00. The Balaban J connectivity index is 1.66. The Bertz CT molecular complexity index is 1040. The Morgan fingerprint density at radius 3 is 2.39 bits per heavy atom. The van der Waals surface area contributed by atoms with E-state index in [4.69, 9.17) is 11.6 Å². The van der Waals surface area contributed by atoms with Crippen LogP contribution in [0.25, 0.3) is 10.6 Å². The number of nitrogens with zero attached hydrogens (tertiary/aromatic N) is 2. The van der Waals surface area contributed by atoms with Crippen molar-refractivity contribution in [2.24, 2.45) is 5.92 Å². The van der Waals surface area contributed by atoms with E-state index in [9.17, 15) is 9.59 Å². The number of carbonyl (C=O) groups excluding carboxylic acids is 2. The smallest absolute Gasteiger partial charge is 0.319 e. The highest BCUT2D eigenvalue weighted by atomic mass is 79.9. The summed E-state index contributed by atoms with van der Waals surface area (Å²) in [5.41, 5.74) is 1.48. The zero-order valence-electron chi connectivity index (χ0n) is 16.9. The van der Waals surface area contributed by atoms with Gasteiger partial charge < -0.3 is 10.6 Å². The van der Waals surface area contributed by atoms with Crippen molar-refractivity contribution in [2.75, 3.05) is 10.6 Å². The maximum atomic E-state index is 12.9. The Morgan fingerprint density at radius 2 is 1.74 bits per heavy atom. The summed E-state index contributed by atoms with van der Waals surface area (Å²) in [5.74, 6) is -0.432. The third-order valence-corrected chi connectivity index (χ3v) is 6.30. The molecule has 0 aliphatic rings. The zero-order chi connectivity index (χ0) is 22.4. The molecule has 0 aliphatic carbocycles. The van der Waals surface area contributed by atoms with Crippen molar-refractivity contribution >= 4 is 61.6 Å². The molecule has 2 aromatic carbocycles. The number of anilines is 2. The van der Waals surface area contributed by atoms with Gasteiger partial charge in [-0.2, -0.15) is 0 Å². The summed E-state index contributed by atoms with van der Waals surface area (Å²) in [5, 5.41) is 18.1. The van der Waals surface area contributed by atoms with E-state index in [1.54, 1.807) is 24.3 Å². The minimum Gasteiger partial charge on any atom is -0.326 e. The summed E-state index contributed by atoms with van der Waals surface area (Å²) in [7, 11) is 0. The Morgan fingerprint density at radius 1 is 1.06 bits per heavy atom. The number of carbonyl (C=O) groups is 2. The average molecular weight is 523 g/mol. The molecule has 3 rings (SSSR count). The van der Waals surface area contributed by atoms with Gasteiger partial charge in [0.1, 0.15) is 11.0 Å². The lowest BCUT2D eigenvalue weighted by Crippen LogP contribution is -2.49. The summed E-state index contributed by atoms with van der Waals surface area (Å²) in [6.07, 6.45) is 0.711. The van der Waals surface area contributed by atoms with Gasteiger partial charge in [0.25, 0.3) is 0 Å². The Hall–Kier alpha value is -2.49. The van der Waals surface area contributed by atoms with E-state index < -0.39 is 12.1 Å². The van der Waals surface area contributed by atoms with Gasteiger partial charge in [-0.3, -0.25) is 10.1 Å². The number of benzene rings is 2. The van der Waals surface area contributed by atoms with E-state index in [2.05, 4.69) is 42.1 Å². The first-order chi connectivity index (χ1) is 14.9. The van der Waals surface area contributed by atoms with E-state index in [0.717, 1.165) is 10.0 Å². The predicted molar refractivity (Wildman–Crippen MR) is 129 cm³/mol. The van der Waals surface area contributed by atoms with Gasteiger partial charge in [0.2, 0.25) is 11.0 Å². The highest BCUT2D eigenvalue weighted by molar-refractivity contribution is 9.10. The van der Waals surface area contributed by atoms with E-state index in [0.29, 0.717) is 27.3 Å². The summed E-state index contributed by atoms with van der Waals surface area (Å²) in [6, 6.07) is 13.2. The lowest BCUT2D eigenvalue weighted by molar-refractivity contribution is -0.119. The largest absolute Gasteiger partial charge is 0.326 e. The average Bonchev–Trinajstić information content (AvgIpc) is 3.22. The van der Waals surface area contributed by atoms with Crippen molar-refractivity contribution < 1.29 is 9.59 Å². The SMILES string of the molecule is CC[C@@H](C)[C@H](NC(=O)Nc1ccc(Br)cc1)C(=O)Nc1nnc(-c2ccc(Cl)cc2)s1. The molecule has 10 heteroatoms. The molecule has 1 aromatic heterocycles. The number of halogens is 2. The normalized spacial score (nSPS) is 12.6. The fourth-order valence-electron chi connectivity index (χ4n) is 2.71. The van der Waals surface area contributed by atoms with Crippen molar-refractivity contribution in [3.63, 3.8) is 0 Å². The molecule has 0 radical (unpaired) electrons. The highest BCUT2D eigenvalue weighted by Crippen LogP contribution is 2.27. The van der Waals surface area contributed by atoms with Gasteiger partial charge in [0.05, 0.1) is 0 Å². The molecule has 3 aromatic rings. The quantitative estimate of drug-likeness (QED) is 0.366. The second-order valence-electron chi connectivity index (χ2n) is 6.88. The van der Waals surface area contributed by atoms with Gasteiger partial charge in [0, 0.05) is 20.7 Å². The standard InChI is InChI=1S/C21H21BrClN5O2S/c1-3-12(2)17(25-20(30)24-16-10-6-14(22)7-11-16)18(29)26-21-28-27-19(31-21)13-4-8-15(23)9-5-13/h4-12,17H,3H2,1-2H3,(H2,24,25,30)(H,26,28,29)/t12-,17+/m1/s1. The van der Waals surface area contributed by atoms with Crippen molar-refractivity contribution in [2.45, 2.75) is 26.3 Å². The second-order valence-corrected chi connectivity index (χ2v) is 9.21. The van der Waals surface area contributed by atoms with Crippen LogP contribution in [0.15, 0.2) is 53.0 Å². The van der Waals surface area contributed by atoms with E-state index >= 15 is 0 Å². The van der Waals surface area contributed by atoms with E-state index in [1.807, 2.05) is 38.1 Å². The number of aromatic nitrogens is 2. The number of rotatable bonds is 7. The third kappa shape index (κ3) is 6.49. The number of amides is 3. The molecule has 3 N–H and O–H groups in total. The van der Waals surface area contributed by atoms with Crippen LogP contribution in [0.1, 0.15) is 20.3 Å². The maximum Gasteiger partial charge on any atom is 0.319 e. The van der Waals surface area contributed by atoms with Crippen LogP contribution in [-0.2, 0) is 4.79 Å². The van der Waals surface area contributed by atoms with Crippen molar-refractivity contribution in [1.82, 2.24) is 15.5 Å². The van der Waals surface area contributed by atoms with Crippen LogP contribution in [0.4, 0.5) is 15.6 Å². The van der Waals surface area contributed by atoms with Crippen LogP contribution in [0.3, 0.4) is 0 Å². The van der Waals surface area contributed by atoms with Crippen molar-refractivity contribution in [3.8, 4) is 10.6 Å². The molecular weight excluding hydrogens is 502 g/mol. The highest BCUT2D eigenvalue weighted by Gasteiger charge is 2.27. The molecule has 0 unspecified atom stereocenters. The first kappa shape index (κ1) is 23.2. The number of urea groups is 1. The molecule has 0 saturated carbocycles. The molecule has 0 bridgehead atoms. The molecule has 0 aliphatic heterocycles. The molecule has 0 fully saturated rings. The van der Waals surface area contributed by atoms with E-state index in [1.165, 1.54) is 11.3 Å². The Labute approximate surface area is 197 Å². The summed E-state index contributed by atoms with van der Waals surface area (Å²) < 4.78 is 0.908. The molecule has 2 atom stereocenters. The fraction of sp³-hybridized carbons (Fsp3) is 0.238. The monoisotopic (exact) mass is 521 g/mol. The van der Waals surface area contributed by atoms with Gasteiger partial charge in [-0.25, -0.2) is 4.79 Å². The van der Waals surface area contributed by atoms with Crippen LogP contribution >= 0.6 is 38.9 Å². The van der Waals surface area contributed by atoms with Crippen LogP contribution < -0.4 is 16.0 Å². The lowest BCUT2D eigenvalue weighted by Gasteiger charge is -2.23. The van der Waals surface area contributed by atoms with Gasteiger partial charge in [0.15, 0.2) is 0 Å². The zero-order valence-corrected chi connectivity index (χ0v) is 20.0. The maximum absolute atomic E-state index is 12.9. The van der Waals surface area contributed by atoms with Gasteiger partial charge in [-0.05, 0) is 42.3 Å². The minimum absolute atomic E-state index is 0.0840. The second kappa shape index (κ2) is 10.7. The lowest BCUT2D eigenvalue weighted by atomic mass is 9.98. The molecule has 0 spiro atoms.